The molecule has 6 aromatic rings. The topological polar surface area (TPSA) is 79.4 Å². The summed E-state index contributed by atoms with van der Waals surface area (Å²) in [5.74, 6) is 2.55. The summed E-state index contributed by atoms with van der Waals surface area (Å²) in [4.78, 5) is 9.67. The van der Waals surface area contributed by atoms with Crippen LogP contribution >= 0.6 is 0 Å². The van der Waals surface area contributed by atoms with Gasteiger partial charge in [-0.05, 0) is 42.3 Å². The van der Waals surface area contributed by atoms with Crippen molar-refractivity contribution in [2.24, 2.45) is 0 Å². The zero-order chi connectivity index (χ0) is 25.6. The van der Waals surface area contributed by atoms with E-state index in [0.29, 0.717) is 24.0 Å². The summed E-state index contributed by atoms with van der Waals surface area (Å²) >= 11 is 0. The van der Waals surface area contributed by atoms with Crippen molar-refractivity contribution in [3.05, 3.63) is 125 Å². The van der Waals surface area contributed by atoms with Crippen LogP contribution in [-0.2, 0) is 6.42 Å². The van der Waals surface area contributed by atoms with Gasteiger partial charge in [0.1, 0.15) is 12.1 Å². The number of methoxy groups -OCH3 is 1. The van der Waals surface area contributed by atoms with E-state index in [0.717, 1.165) is 45.0 Å². The summed E-state index contributed by atoms with van der Waals surface area (Å²) in [6, 6.07) is 28.3. The highest BCUT2D eigenvalue weighted by Crippen LogP contribution is 2.49. The van der Waals surface area contributed by atoms with Crippen LogP contribution in [0.1, 0.15) is 39.7 Å². The van der Waals surface area contributed by atoms with Crippen molar-refractivity contribution in [2.45, 2.75) is 19.3 Å². The summed E-state index contributed by atoms with van der Waals surface area (Å²) in [6.45, 7) is 2.02. The molecule has 8 nitrogen and oxygen atoms in total. The molecule has 1 unspecified atom stereocenters. The Labute approximate surface area is 219 Å². The maximum atomic E-state index is 6.49. The lowest BCUT2D eigenvalue weighted by molar-refractivity contribution is 0.402. The standard InChI is InChI=1S/C30H24N6O2/c1-19-25-26(21-9-5-3-6-10-21)27-28-32-24(17-20-13-15-23(37-2)16-14-20)34-35(28)18-31-29(27)38-30(25)36(33-19)22-11-7-4-8-12-22/h3-16,18,26H,17H2,1-2H3. The second kappa shape index (κ2) is 8.85. The minimum absolute atomic E-state index is 0.165. The van der Waals surface area contributed by atoms with Gasteiger partial charge in [0.25, 0.3) is 0 Å². The first-order valence-electron chi connectivity index (χ1n) is 12.4. The zero-order valence-corrected chi connectivity index (χ0v) is 20.9. The van der Waals surface area contributed by atoms with Crippen molar-refractivity contribution in [3.8, 4) is 23.2 Å². The first-order valence-corrected chi connectivity index (χ1v) is 12.4. The number of para-hydroxylation sites is 1. The van der Waals surface area contributed by atoms with E-state index in [1.54, 1.807) is 18.0 Å². The molecule has 0 N–H and O–H groups in total. The quantitative estimate of drug-likeness (QED) is 0.310. The number of aromatic nitrogens is 6. The molecule has 0 spiro atoms. The zero-order valence-electron chi connectivity index (χ0n) is 20.9. The van der Waals surface area contributed by atoms with Crippen molar-refractivity contribution in [3.63, 3.8) is 0 Å². The minimum Gasteiger partial charge on any atom is -0.497 e. The van der Waals surface area contributed by atoms with Crippen LogP contribution in [0.25, 0.3) is 11.3 Å². The summed E-state index contributed by atoms with van der Waals surface area (Å²) in [5, 5.41) is 9.64. The molecule has 1 atom stereocenters. The highest BCUT2D eigenvalue weighted by molar-refractivity contribution is 5.66. The minimum atomic E-state index is -0.165. The van der Waals surface area contributed by atoms with Gasteiger partial charge in [0.2, 0.25) is 11.8 Å². The third-order valence-electron chi connectivity index (χ3n) is 6.92. The second-order valence-electron chi connectivity index (χ2n) is 9.28. The Morgan fingerprint density at radius 2 is 1.61 bits per heavy atom. The van der Waals surface area contributed by atoms with Gasteiger partial charge in [-0.25, -0.2) is 19.2 Å². The van der Waals surface area contributed by atoms with Crippen LogP contribution in [-0.4, -0.2) is 36.5 Å². The van der Waals surface area contributed by atoms with Gasteiger partial charge in [-0.1, -0.05) is 60.7 Å². The lowest BCUT2D eigenvalue weighted by Gasteiger charge is -2.26. The molecule has 186 valence electrons. The predicted molar refractivity (Wildman–Crippen MR) is 142 cm³/mol. The van der Waals surface area contributed by atoms with Gasteiger partial charge in [0.15, 0.2) is 11.5 Å². The lowest BCUT2D eigenvalue weighted by Crippen LogP contribution is -2.16. The molecule has 0 saturated carbocycles. The first kappa shape index (κ1) is 22.2. The molecule has 0 amide bonds. The average molecular weight is 501 g/mol. The van der Waals surface area contributed by atoms with Crippen LogP contribution in [0.4, 0.5) is 0 Å². The molecule has 3 aromatic heterocycles. The average Bonchev–Trinajstić information content (AvgIpc) is 3.53. The Balaban J connectivity index is 1.39. The van der Waals surface area contributed by atoms with Crippen LogP contribution < -0.4 is 9.47 Å². The molecule has 0 saturated heterocycles. The smallest absolute Gasteiger partial charge is 0.230 e. The Kier molecular flexibility index (Phi) is 5.18. The van der Waals surface area contributed by atoms with E-state index in [-0.39, 0.29) is 5.92 Å². The molecule has 0 fully saturated rings. The monoisotopic (exact) mass is 500 g/mol. The van der Waals surface area contributed by atoms with Crippen LogP contribution in [0.15, 0.2) is 91.3 Å². The maximum Gasteiger partial charge on any atom is 0.230 e. The van der Waals surface area contributed by atoms with Gasteiger partial charge in [0, 0.05) is 6.42 Å². The van der Waals surface area contributed by atoms with E-state index in [1.165, 1.54) is 0 Å². The molecule has 0 aliphatic carbocycles. The van der Waals surface area contributed by atoms with Crippen LogP contribution in [0.2, 0.25) is 0 Å². The van der Waals surface area contributed by atoms with E-state index in [1.807, 2.05) is 84.4 Å². The summed E-state index contributed by atoms with van der Waals surface area (Å²) in [7, 11) is 1.66. The van der Waals surface area contributed by atoms with E-state index in [9.17, 15) is 0 Å². The van der Waals surface area contributed by atoms with E-state index in [2.05, 4.69) is 17.1 Å². The molecule has 0 bridgehead atoms. The SMILES string of the molecule is COc1ccc(Cc2nc3c4c(ncn3n2)Oc2c(c(C)nn2-c2ccccc2)C4c2ccccc2)cc1. The van der Waals surface area contributed by atoms with Gasteiger partial charge >= 0.3 is 0 Å². The molecule has 1 aliphatic heterocycles. The second-order valence-corrected chi connectivity index (χ2v) is 9.28. The van der Waals surface area contributed by atoms with Crippen LogP contribution in [0.5, 0.6) is 17.5 Å². The number of hydrogen-bond donors (Lipinski definition) is 0. The number of fused-ring (bicyclic) bond motifs is 4. The Hall–Kier alpha value is -4.98. The molecule has 7 rings (SSSR count). The Morgan fingerprint density at radius 1 is 0.868 bits per heavy atom. The molecular formula is C30H24N6O2. The van der Waals surface area contributed by atoms with Gasteiger partial charge in [-0.3, -0.25) is 0 Å². The highest BCUT2D eigenvalue weighted by Gasteiger charge is 2.38. The van der Waals surface area contributed by atoms with E-state index in [4.69, 9.17) is 24.7 Å². The number of nitrogens with zero attached hydrogens (tertiary/aromatic N) is 6. The van der Waals surface area contributed by atoms with Crippen molar-refractivity contribution in [2.75, 3.05) is 7.11 Å². The molecular weight excluding hydrogens is 476 g/mol. The van der Waals surface area contributed by atoms with Gasteiger partial charge < -0.3 is 9.47 Å². The fraction of sp³-hybridized carbons (Fsp3) is 0.133. The van der Waals surface area contributed by atoms with Crippen molar-refractivity contribution in [1.82, 2.24) is 29.4 Å². The first-order chi connectivity index (χ1) is 18.7. The van der Waals surface area contributed by atoms with E-state index >= 15 is 0 Å². The van der Waals surface area contributed by atoms with Gasteiger partial charge in [-0.15, -0.1) is 5.10 Å². The predicted octanol–water partition coefficient (Wildman–Crippen LogP) is 5.50. The third-order valence-corrected chi connectivity index (χ3v) is 6.92. The Morgan fingerprint density at radius 3 is 2.34 bits per heavy atom. The third kappa shape index (κ3) is 3.61. The molecule has 38 heavy (non-hydrogen) atoms. The molecule has 0 radical (unpaired) electrons. The number of rotatable bonds is 5. The molecule has 8 heteroatoms. The largest absolute Gasteiger partial charge is 0.497 e. The number of aryl methyl sites for hydroxylation is 1. The fourth-order valence-corrected chi connectivity index (χ4v) is 5.15. The summed E-state index contributed by atoms with van der Waals surface area (Å²) < 4.78 is 15.4. The van der Waals surface area contributed by atoms with E-state index < -0.39 is 0 Å². The van der Waals surface area contributed by atoms with Crippen LogP contribution in [0.3, 0.4) is 0 Å². The summed E-state index contributed by atoms with van der Waals surface area (Å²) in [5.41, 5.74) is 6.65. The maximum absolute atomic E-state index is 6.49. The molecule has 1 aliphatic rings. The normalized spacial score (nSPS) is 14.1. The number of hydrogen-bond acceptors (Lipinski definition) is 6. The molecule has 3 aromatic carbocycles. The van der Waals surface area contributed by atoms with Gasteiger partial charge in [0.05, 0.1) is 35.5 Å². The highest BCUT2D eigenvalue weighted by atomic mass is 16.5. The van der Waals surface area contributed by atoms with Crippen molar-refractivity contribution >= 4 is 5.65 Å². The fourth-order valence-electron chi connectivity index (χ4n) is 5.15. The summed E-state index contributed by atoms with van der Waals surface area (Å²) in [6.07, 6.45) is 2.26. The lowest BCUT2D eigenvalue weighted by atomic mass is 9.84. The van der Waals surface area contributed by atoms with Crippen molar-refractivity contribution in [1.29, 1.82) is 0 Å². The van der Waals surface area contributed by atoms with Crippen molar-refractivity contribution < 1.29 is 9.47 Å². The van der Waals surface area contributed by atoms with Gasteiger partial charge in [-0.2, -0.15) is 5.10 Å². The Bertz CT molecular complexity index is 1760. The molecule has 4 heterocycles. The number of ether oxygens (including phenoxy) is 2. The number of benzene rings is 3. The van der Waals surface area contributed by atoms with Crippen LogP contribution in [0, 0.1) is 6.92 Å².